The fraction of sp³-hybridized carbons (Fsp3) is 0.810. The molecule has 0 aromatic rings. The molecule has 1 rings (SSSR count). The van der Waals surface area contributed by atoms with Crippen molar-refractivity contribution < 1.29 is 70.4 Å². The Kier molecular flexibility index (Phi) is 13.5. The molecule has 1 heterocycles. The van der Waals surface area contributed by atoms with Crippen LogP contribution in [0.15, 0.2) is 22.7 Å². The summed E-state index contributed by atoms with van der Waals surface area (Å²) < 4.78 is 16.2. The second-order valence-electron chi connectivity index (χ2n) is 8.03. The molecular weight excluding hydrogens is 476 g/mol. The van der Waals surface area contributed by atoms with Crippen LogP contribution >= 0.6 is 0 Å². The fourth-order valence-electron chi connectivity index (χ4n) is 3.48. The highest BCUT2D eigenvalue weighted by atomic mass is 16.7. The minimum atomic E-state index is -2.01. The summed E-state index contributed by atoms with van der Waals surface area (Å²) in [6.07, 6.45) is -15.5. The summed E-state index contributed by atoms with van der Waals surface area (Å²) in [5.74, 6) is -1.29. The van der Waals surface area contributed by atoms with Crippen LogP contribution in [0.4, 0.5) is 0 Å². The van der Waals surface area contributed by atoms with Crippen molar-refractivity contribution in [3.8, 4) is 0 Å². The highest BCUT2D eigenvalue weighted by Gasteiger charge is 2.47. The first-order valence-electron chi connectivity index (χ1n) is 11.1. The first-order valence-corrected chi connectivity index (χ1v) is 11.1. The van der Waals surface area contributed by atoms with Gasteiger partial charge in [0.25, 0.3) is 0 Å². The first-order chi connectivity index (χ1) is 16.4. The topological polar surface area (TPSA) is 250 Å². The maximum absolute atomic E-state index is 10.6. The number of aliphatic hydroxyl groups excluding tert-OH is 10. The molecule has 206 valence electrons. The lowest BCUT2D eigenvalue weighted by Gasteiger charge is -2.43. The second kappa shape index (κ2) is 15.0. The zero-order chi connectivity index (χ0) is 26.9. The summed E-state index contributed by atoms with van der Waals surface area (Å²) in [7, 11) is 0. The quantitative estimate of drug-likeness (QED) is 0.0817. The van der Waals surface area contributed by atoms with E-state index >= 15 is 0 Å². The fourth-order valence-corrected chi connectivity index (χ4v) is 3.48. The van der Waals surface area contributed by atoms with Gasteiger partial charge in [0.05, 0.1) is 6.61 Å². The smallest absolute Gasteiger partial charge is 0.187 e. The van der Waals surface area contributed by atoms with E-state index in [4.69, 9.17) is 19.3 Å². The van der Waals surface area contributed by atoms with Crippen LogP contribution in [0.5, 0.6) is 0 Å². The number of rotatable bonds is 14. The number of hydrogen-bond donors (Lipinski definition) is 11. The van der Waals surface area contributed by atoms with Gasteiger partial charge in [0.15, 0.2) is 18.9 Å². The number of ether oxygens (including phenoxy) is 3. The molecule has 1 fully saturated rings. The zero-order valence-corrected chi connectivity index (χ0v) is 19.6. The van der Waals surface area contributed by atoms with Gasteiger partial charge < -0.3 is 70.4 Å². The van der Waals surface area contributed by atoms with Crippen LogP contribution in [0.2, 0.25) is 0 Å². The van der Waals surface area contributed by atoms with E-state index in [9.17, 15) is 51.1 Å². The van der Waals surface area contributed by atoms with E-state index in [1.807, 2.05) is 0 Å². The molecule has 11 N–H and O–H groups in total. The molecule has 1 saturated heterocycles. The van der Waals surface area contributed by atoms with Crippen LogP contribution in [0.1, 0.15) is 33.1 Å². The van der Waals surface area contributed by atoms with Crippen molar-refractivity contribution in [1.82, 2.24) is 0 Å². The van der Waals surface area contributed by atoms with Gasteiger partial charge in [-0.1, -0.05) is 6.92 Å². The maximum Gasteiger partial charge on any atom is 0.187 e. The third kappa shape index (κ3) is 8.31. The molecule has 0 aliphatic carbocycles. The van der Waals surface area contributed by atoms with Gasteiger partial charge in [-0.2, -0.15) is 0 Å². The van der Waals surface area contributed by atoms with Crippen LogP contribution in [-0.4, -0.2) is 131 Å². The molecule has 14 nitrogen and oxygen atoms in total. The molecule has 0 aromatic carbocycles. The van der Waals surface area contributed by atoms with Gasteiger partial charge in [-0.25, -0.2) is 0 Å². The Bertz CT molecular complexity index is 694. The Morgan fingerprint density at radius 1 is 0.886 bits per heavy atom. The van der Waals surface area contributed by atoms with Gasteiger partial charge in [0.2, 0.25) is 0 Å². The molecule has 8 atom stereocenters. The SMILES string of the molecule is CC/C(=C(/O)C(CCO)OC1OC(CO)C(OC(O)/C(C)=C(\O)C(O)CCO)C(O)C1O)C(O)O. The van der Waals surface area contributed by atoms with Gasteiger partial charge in [-0.05, 0) is 13.3 Å². The Labute approximate surface area is 202 Å². The molecule has 0 bridgehead atoms. The molecule has 1 aliphatic heterocycles. The van der Waals surface area contributed by atoms with Crippen molar-refractivity contribution in [3.05, 3.63) is 22.7 Å². The second-order valence-corrected chi connectivity index (χ2v) is 8.03. The molecule has 8 unspecified atom stereocenters. The molecule has 0 aromatic heterocycles. The zero-order valence-electron chi connectivity index (χ0n) is 19.6. The largest absolute Gasteiger partial charge is 0.509 e. The van der Waals surface area contributed by atoms with E-state index in [-0.39, 0.29) is 30.4 Å². The van der Waals surface area contributed by atoms with Crippen molar-refractivity contribution in [3.63, 3.8) is 0 Å². The minimum Gasteiger partial charge on any atom is -0.509 e. The molecule has 14 heteroatoms. The van der Waals surface area contributed by atoms with Crippen LogP contribution in [0.3, 0.4) is 0 Å². The van der Waals surface area contributed by atoms with Crippen molar-refractivity contribution in [2.75, 3.05) is 19.8 Å². The highest BCUT2D eigenvalue weighted by molar-refractivity contribution is 5.14. The number of aliphatic hydroxyl groups is 11. The molecular formula is C21H38O14. The molecule has 0 radical (unpaired) electrons. The van der Waals surface area contributed by atoms with E-state index in [1.54, 1.807) is 0 Å². The summed E-state index contributed by atoms with van der Waals surface area (Å²) in [4.78, 5) is 0. The summed E-state index contributed by atoms with van der Waals surface area (Å²) in [6.45, 7) is 1.01. The predicted octanol–water partition coefficient (Wildman–Crippen LogP) is -3.00. The van der Waals surface area contributed by atoms with Crippen LogP contribution in [0, 0.1) is 0 Å². The average Bonchev–Trinajstić information content (AvgIpc) is 2.82. The summed E-state index contributed by atoms with van der Waals surface area (Å²) in [5.41, 5.74) is -0.460. The van der Waals surface area contributed by atoms with E-state index < -0.39 is 86.8 Å². The predicted molar refractivity (Wildman–Crippen MR) is 116 cm³/mol. The molecule has 1 aliphatic rings. The Morgan fingerprint density at radius 3 is 1.97 bits per heavy atom. The maximum atomic E-state index is 10.6. The lowest BCUT2D eigenvalue weighted by molar-refractivity contribution is -0.328. The van der Waals surface area contributed by atoms with Gasteiger partial charge in [0.1, 0.15) is 48.1 Å². The average molecular weight is 515 g/mol. The molecule has 0 amide bonds. The van der Waals surface area contributed by atoms with Crippen LogP contribution < -0.4 is 0 Å². The Balaban J connectivity index is 3.08. The molecule has 0 spiro atoms. The first kappa shape index (κ1) is 31.6. The van der Waals surface area contributed by atoms with Crippen molar-refractivity contribution in [1.29, 1.82) is 0 Å². The summed E-state index contributed by atoms with van der Waals surface area (Å²) in [5, 5.41) is 108. The highest BCUT2D eigenvalue weighted by Crippen LogP contribution is 2.29. The van der Waals surface area contributed by atoms with Crippen LogP contribution in [-0.2, 0) is 14.2 Å². The van der Waals surface area contributed by atoms with Gasteiger partial charge >= 0.3 is 0 Å². The van der Waals surface area contributed by atoms with E-state index in [1.165, 1.54) is 13.8 Å². The summed E-state index contributed by atoms with van der Waals surface area (Å²) >= 11 is 0. The monoisotopic (exact) mass is 514 g/mol. The lowest BCUT2D eigenvalue weighted by Crippen LogP contribution is -2.61. The molecule has 0 saturated carbocycles. The molecule has 35 heavy (non-hydrogen) atoms. The number of hydrogen-bond acceptors (Lipinski definition) is 14. The third-order valence-electron chi connectivity index (χ3n) is 5.62. The third-order valence-corrected chi connectivity index (χ3v) is 5.62. The Morgan fingerprint density at radius 2 is 1.49 bits per heavy atom. The van der Waals surface area contributed by atoms with Gasteiger partial charge in [0, 0.05) is 37.2 Å². The summed E-state index contributed by atoms with van der Waals surface area (Å²) in [6, 6.07) is 0. The normalized spacial score (nSPS) is 29.4. The van der Waals surface area contributed by atoms with E-state index in [2.05, 4.69) is 0 Å². The van der Waals surface area contributed by atoms with Crippen LogP contribution in [0.25, 0.3) is 0 Å². The van der Waals surface area contributed by atoms with E-state index in [0.717, 1.165) is 0 Å². The van der Waals surface area contributed by atoms with Gasteiger partial charge in [-0.15, -0.1) is 0 Å². The minimum absolute atomic E-state index is 0.0191. The van der Waals surface area contributed by atoms with E-state index in [0.29, 0.717) is 0 Å². The van der Waals surface area contributed by atoms with Gasteiger partial charge in [-0.3, -0.25) is 0 Å². The lowest BCUT2D eigenvalue weighted by atomic mass is 9.98. The van der Waals surface area contributed by atoms with Crippen molar-refractivity contribution >= 4 is 0 Å². The standard InChI is InChI=1S/C21H38O14/c1-3-10(19(30)31)15(27)12(5-7-23)33-21-17(29)16(28)18(13(8-24)34-21)35-20(32)9(2)14(26)11(25)4-6-22/h11-13,16-32H,3-8H2,1-2H3/b14-9-,15-10-. The van der Waals surface area contributed by atoms with Crippen molar-refractivity contribution in [2.24, 2.45) is 0 Å². The van der Waals surface area contributed by atoms with Crippen molar-refractivity contribution in [2.45, 2.75) is 88.6 Å². The Hall–Kier alpha value is -1.40.